The van der Waals surface area contributed by atoms with Gasteiger partial charge in [0.1, 0.15) is 6.10 Å². The van der Waals surface area contributed by atoms with Crippen LogP contribution in [0, 0.1) is 0 Å². The number of hydrogen-bond acceptors (Lipinski definition) is 3. The Bertz CT molecular complexity index is 254. The van der Waals surface area contributed by atoms with Crippen molar-refractivity contribution in [2.75, 3.05) is 6.54 Å². The van der Waals surface area contributed by atoms with Crippen LogP contribution in [0.1, 0.15) is 39.0 Å². The monoisotopic (exact) mass is 229 g/mol. The van der Waals surface area contributed by atoms with E-state index in [2.05, 4.69) is 12.2 Å². The normalized spacial score (nSPS) is 24.3. The van der Waals surface area contributed by atoms with Gasteiger partial charge in [0.05, 0.1) is 0 Å². The first-order valence-electron chi connectivity index (χ1n) is 5.81. The summed E-state index contributed by atoms with van der Waals surface area (Å²) in [5, 5.41) is 11.5. The Morgan fingerprint density at radius 1 is 1.31 bits per heavy atom. The molecule has 0 aromatic rings. The first-order chi connectivity index (χ1) is 7.65. The lowest BCUT2D eigenvalue weighted by Gasteiger charge is -2.11. The topological polar surface area (TPSA) is 75.6 Å². The zero-order valence-electron chi connectivity index (χ0n) is 9.57. The van der Waals surface area contributed by atoms with Crippen molar-refractivity contribution in [3.05, 3.63) is 0 Å². The molecule has 2 N–H and O–H groups in total. The SMILES string of the molecule is CCCCCNC(=O)[C@@H]1CC[C@H](C(=O)O)O1. The molecule has 1 rings (SSSR count). The van der Waals surface area contributed by atoms with Crippen molar-refractivity contribution in [3.63, 3.8) is 0 Å². The summed E-state index contributed by atoms with van der Waals surface area (Å²) in [4.78, 5) is 22.2. The van der Waals surface area contributed by atoms with Gasteiger partial charge in [0.2, 0.25) is 5.91 Å². The highest BCUT2D eigenvalue weighted by atomic mass is 16.5. The van der Waals surface area contributed by atoms with Crippen molar-refractivity contribution in [2.45, 2.75) is 51.2 Å². The Kier molecular flexibility index (Phi) is 5.25. The van der Waals surface area contributed by atoms with Crippen LogP contribution in [0.25, 0.3) is 0 Å². The van der Waals surface area contributed by atoms with Gasteiger partial charge >= 0.3 is 5.97 Å². The highest BCUT2D eigenvalue weighted by Gasteiger charge is 2.34. The van der Waals surface area contributed by atoms with Crippen LogP contribution in [0.15, 0.2) is 0 Å². The van der Waals surface area contributed by atoms with Gasteiger partial charge in [-0.05, 0) is 19.3 Å². The molecule has 1 amide bonds. The molecule has 1 heterocycles. The van der Waals surface area contributed by atoms with Gasteiger partial charge in [-0.3, -0.25) is 4.79 Å². The molecule has 1 aliphatic rings. The van der Waals surface area contributed by atoms with Crippen LogP contribution in [-0.4, -0.2) is 35.7 Å². The first kappa shape index (κ1) is 13.0. The van der Waals surface area contributed by atoms with E-state index in [0.29, 0.717) is 19.4 Å². The Labute approximate surface area is 95.2 Å². The molecule has 1 fully saturated rings. The highest BCUT2D eigenvalue weighted by Crippen LogP contribution is 2.19. The largest absolute Gasteiger partial charge is 0.479 e. The van der Waals surface area contributed by atoms with Crippen LogP contribution in [0.4, 0.5) is 0 Å². The number of hydrogen-bond donors (Lipinski definition) is 2. The minimum absolute atomic E-state index is 0.181. The van der Waals surface area contributed by atoms with Gasteiger partial charge in [-0.2, -0.15) is 0 Å². The molecule has 0 spiro atoms. The van der Waals surface area contributed by atoms with E-state index in [1.54, 1.807) is 0 Å². The number of carboxylic acid groups (broad SMARTS) is 1. The van der Waals surface area contributed by atoms with Crippen molar-refractivity contribution < 1.29 is 19.4 Å². The number of amides is 1. The average molecular weight is 229 g/mol. The van der Waals surface area contributed by atoms with E-state index in [-0.39, 0.29) is 5.91 Å². The zero-order valence-corrected chi connectivity index (χ0v) is 9.57. The van der Waals surface area contributed by atoms with Crippen LogP contribution in [0.5, 0.6) is 0 Å². The van der Waals surface area contributed by atoms with Gasteiger partial charge in [-0.1, -0.05) is 19.8 Å². The van der Waals surface area contributed by atoms with Crippen molar-refractivity contribution in [3.8, 4) is 0 Å². The maximum absolute atomic E-state index is 11.5. The number of aliphatic carboxylic acids is 1. The molecular formula is C11H19NO4. The van der Waals surface area contributed by atoms with Gasteiger partial charge < -0.3 is 15.2 Å². The molecule has 0 radical (unpaired) electrons. The molecule has 5 heteroatoms. The van der Waals surface area contributed by atoms with Gasteiger partial charge in [0.25, 0.3) is 0 Å². The summed E-state index contributed by atoms with van der Waals surface area (Å²) in [6, 6.07) is 0. The smallest absolute Gasteiger partial charge is 0.332 e. The summed E-state index contributed by atoms with van der Waals surface area (Å²) in [5.41, 5.74) is 0. The second-order valence-corrected chi connectivity index (χ2v) is 4.03. The summed E-state index contributed by atoms with van der Waals surface area (Å²) in [5.74, 6) is -1.17. The number of ether oxygens (including phenoxy) is 1. The number of unbranched alkanes of at least 4 members (excludes halogenated alkanes) is 2. The lowest BCUT2D eigenvalue weighted by molar-refractivity contribution is -0.151. The third-order valence-corrected chi connectivity index (χ3v) is 2.67. The number of carboxylic acids is 1. The highest BCUT2D eigenvalue weighted by molar-refractivity contribution is 5.82. The molecule has 0 aromatic heterocycles. The maximum atomic E-state index is 11.5. The Hall–Kier alpha value is -1.10. The second kappa shape index (κ2) is 6.48. The van der Waals surface area contributed by atoms with Gasteiger partial charge in [-0.15, -0.1) is 0 Å². The number of nitrogens with one attached hydrogen (secondary N) is 1. The zero-order chi connectivity index (χ0) is 12.0. The molecular weight excluding hydrogens is 210 g/mol. The standard InChI is InChI=1S/C11H19NO4/c1-2-3-4-7-12-10(13)8-5-6-9(16-8)11(14)15/h8-9H,2-7H2,1H3,(H,12,13)(H,14,15)/t8-,9+/m0/s1. The molecule has 92 valence electrons. The second-order valence-electron chi connectivity index (χ2n) is 4.03. The molecule has 1 aliphatic heterocycles. The van der Waals surface area contributed by atoms with E-state index in [4.69, 9.17) is 9.84 Å². The average Bonchev–Trinajstić information content (AvgIpc) is 2.73. The molecule has 0 bridgehead atoms. The van der Waals surface area contributed by atoms with Crippen LogP contribution >= 0.6 is 0 Å². The lowest BCUT2D eigenvalue weighted by Crippen LogP contribution is -2.36. The van der Waals surface area contributed by atoms with E-state index in [1.807, 2.05) is 0 Å². The van der Waals surface area contributed by atoms with Crippen LogP contribution in [0.2, 0.25) is 0 Å². The quantitative estimate of drug-likeness (QED) is 0.664. The van der Waals surface area contributed by atoms with Crippen molar-refractivity contribution in [1.29, 1.82) is 0 Å². The molecule has 2 atom stereocenters. The summed E-state index contributed by atoms with van der Waals surface area (Å²) in [6.45, 7) is 2.74. The molecule has 0 aliphatic carbocycles. The number of carbonyl (C=O) groups is 2. The summed E-state index contributed by atoms with van der Waals surface area (Å²) < 4.78 is 5.13. The Morgan fingerprint density at radius 2 is 2.00 bits per heavy atom. The maximum Gasteiger partial charge on any atom is 0.332 e. The van der Waals surface area contributed by atoms with Crippen molar-refractivity contribution >= 4 is 11.9 Å². The summed E-state index contributed by atoms with van der Waals surface area (Å²) in [6.07, 6.45) is 2.67. The van der Waals surface area contributed by atoms with Gasteiger partial charge in [0.15, 0.2) is 6.10 Å². The summed E-state index contributed by atoms with van der Waals surface area (Å²) in [7, 11) is 0. The molecule has 1 saturated heterocycles. The predicted molar refractivity (Wildman–Crippen MR) is 58.1 cm³/mol. The van der Waals surface area contributed by atoms with E-state index in [1.165, 1.54) is 0 Å². The van der Waals surface area contributed by atoms with Crippen molar-refractivity contribution in [2.24, 2.45) is 0 Å². The number of rotatable bonds is 6. The Morgan fingerprint density at radius 3 is 2.56 bits per heavy atom. The van der Waals surface area contributed by atoms with E-state index < -0.39 is 18.2 Å². The Balaban J connectivity index is 2.20. The van der Waals surface area contributed by atoms with Crippen LogP contribution < -0.4 is 5.32 Å². The first-order valence-corrected chi connectivity index (χ1v) is 5.81. The molecule has 16 heavy (non-hydrogen) atoms. The van der Waals surface area contributed by atoms with E-state index >= 15 is 0 Å². The fourth-order valence-electron chi connectivity index (χ4n) is 1.71. The van der Waals surface area contributed by atoms with E-state index in [0.717, 1.165) is 19.3 Å². The molecule has 0 unspecified atom stereocenters. The van der Waals surface area contributed by atoms with Crippen LogP contribution in [0.3, 0.4) is 0 Å². The van der Waals surface area contributed by atoms with Gasteiger partial charge in [-0.25, -0.2) is 4.79 Å². The minimum atomic E-state index is -0.985. The molecule has 5 nitrogen and oxygen atoms in total. The van der Waals surface area contributed by atoms with Gasteiger partial charge in [0, 0.05) is 6.54 Å². The number of carbonyl (C=O) groups excluding carboxylic acids is 1. The summed E-state index contributed by atoms with van der Waals surface area (Å²) >= 11 is 0. The van der Waals surface area contributed by atoms with Crippen LogP contribution in [-0.2, 0) is 14.3 Å². The van der Waals surface area contributed by atoms with Crippen molar-refractivity contribution in [1.82, 2.24) is 5.32 Å². The third-order valence-electron chi connectivity index (χ3n) is 2.67. The fourth-order valence-corrected chi connectivity index (χ4v) is 1.71. The predicted octanol–water partition coefficient (Wildman–Crippen LogP) is 0.925. The van der Waals surface area contributed by atoms with E-state index in [9.17, 15) is 9.59 Å². The fraction of sp³-hybridized carbons (Fsp3) is 0.818. The molecule has 0 saturated carbocycles. The molecule has 0 aromatic carbocycles. The lowest BCUT2D eigenvalue weighted by atomic mass is 10.2. The third kappa shape index (κ3) is 3.81. The minimum Gasteiger partial charge on any atom is -0.479 e.